The molecule has 2 atom stereocenters. The molecule has 0 radical (unpaired) electrons. The van der Waals surface area contributed by atoms with E-state index in [1.165, 1.54) is 5.56 Å². The van der Waals surface area contributed by atoms with Gasteiger partial charge in [0.05, 0.1) is 6.54 Å². The zero-order valence-electron chi connectivity index (χ0n) is 12.5. The zero-order valence-corrected chi connectivity index (χ0v) is 14.1. The fourth-order valence-electron chi connectivity index (χ4n) is 3.53. The molecule has 1 aromatic carbocycles. The summed E-state index contributed by atoms with van der Waals surface area (Å²) in [6, 6.07) is 8.35. The molecule has 3 rings (SSSR count). The molecule has 0 spiro atoms. The average Bonchev–Trinajstić information content (AvgIpc) is 3.10. The Hall–Kier alpha value is -1.36. The van der Waals surface area contributed by atoms with Crippen molar-refractivity contribution in [2.75, 3.05) is 6.54 Å². The van der Waals surface area contributed by atoms with E-state index in [1.807, 2.05) is 12.1 Å². The molecule has 4 nitrogen and oxygen atoms in total. The number of nitrogens with zero attached hydrogens (tertiary/aromatic N) is 1. The molecule has 22 heavy (non-hydrogen) atoms. The summed E-state index contributed by atoms with van der Waals surface area (Å²) in [6.07, 6.45) is 5.13. The van der Waals surface area contributed by atoms with E-state index in [4.69, 9.17) is 5.73 Å². The minimum absolute atomic E-state index is 0.0149. The van der Waals surface area contributed by atoms with E-state index in [9.17, 15) is 9.59 Å². The number of halogens is 1. The lowest BCUT2D eigenvalue weighted by Crippen LogP contribution is -2.45. The van der Waals surface area contributed by atoms with Crippen LogP contribution in [0.15, 0.2) is 28.7 Å². The number of carbonyl (C=O) groups excluding carboxylic acids is 2. The molecule has 1 aromatic rings. The van der Waals surface area contributed by atoms with Crippen molar-refractivity contribution in [3.8, 4) is 0 Å². The molecule has 0 bridgehead atoms. The smallest absolute Gasteiger partial charge is 0.237 e. The summed E-state index contributed by atoms with van der Waals surface area (Å²) >= 11 is 3.43. The van der Waals surface area contributed by atoms with Gasteiger partial charge < -0.3 is 10.6 Å². The van der Waals surface area contributed by atoms with Crippen LogP contribution in [0.4, 0.5) is 0 Å². The fourth-order valence-corrected chi connectivity index (χ4v) is 3.79. The number of rotatable bonds is 5. The number of primary amides is 1. The van der Waals surface area contributed by atoms with Crippen molar-refractivity contribution in [2.24, 2.45) is 11.7 Å². The average molecular weight is 365 g/mol. The largest absolute Gasteiger partial charge is 0.368 e. The number of carbonyl (C=O) groups is 2. The summed E-state index contributed by atoms with van der Waals surface area (Å²) < 4.78 is 1.04. The van der Waals surface area contributed by atoms with E-state index in [1.54, 1.807) is 4.90 Å². The van der Waals surface area contributed by atoms with Crippen molar-refractivity contribution >= 4 is 27.7 Å². The van der Waals surface area contributed by atoms with E-state index in [-0.39, 0.29) is 30.3 Å². The minimum Gasteiger partial charge on any atom is -0.368 e. The number of hydrogen-bond acceptors (Lipinski definition) is 2. The number of benzene rings is 1. The molecule has 2 unspecified atom stereocenters. The van der Waals surface area contributed by atoms with Crippen molar-refractivity contribution < 1.29 is 9.59 Å². The monoisotopic (exact) mass is 364 g/mol. The highest BCUT2D eigenvalue weighted by atomic mass is 79.9. The third kappa shape index (κ3) is 3.35. The first kappa shape index (κ1) is 15.5. The molecule has 2 fully saturated rings. The summed E-state index contributed by atoms with van der Waals surface area (Å²) in [6.45, 7) is 0.0626. The number of amides is 2. The van der Waals surface area contributed by atoms with Gasteiger partial charge in [0.25, 0.3) is 0 Å². The summed E-state index contributed by atoms with van der Waals surface area (Å²) in [4.78, 5) is 25.9. The van der Waals surface area contributed by atoms with Crippen LogP contribution in [0.2, 0.25) is 0 Å². The van der Waals surface area contributed by atoms with Crippen molar-refractivity contribution in [3.63, 3.8) is 0 Å². The van der Waals surface area contributed by atoms with Gasteiger partial charge in [-0.3, -0.25) is 9.59 Å². The maximum Gasteiger partial charge on any atom is 0.237 e. The van der Waals surface area contributed by atoms with Crippen molar-refractivity contribution in [1.82, 2.24) is 4.90 Å². The lowest BCUT2D eigenvalue weighted by Gasteiger charge is -2.28. The predicted octanol–water partition coefficient (Wildman–Crippen LogP) is 2.81. The topological polar surface area (TPSA) is 63.4 Å². The first-order valence-electron chi connectivity index (χ1n) is 7.90. The van der Waals surface area contributed by atoms with Gasteiger partial charge >= 0.3 is 0 Å². The van der Waals surface area contributed by atoms with Gasteiger partial charge in [0.1, 0.15) is 0 Å². The van der Waals surface area contributed by atoms with Crippen LogP contribution in [-0.2, 0) is 9.59 Å². The molecule has 118 valence electrons. The molecule has 2 aliphatic rings. The quantitative estimate of drug-likeness (QED) is 0.872. The van der Waals surface area contributed by atoms with E-state index >= 15 is 0 Å². The molecule has 2 N–H and O–H groups in total. The Bertz CT molecular complexity index is 567. The van der Waals surface area contributed by atoms with Crippen LogP contribution in [0.1, 0.15) is 43.6 Å². The molecule has 2 saturated carbocycles. The van der Waals surface area contributed by atoms with Crippen LogP contribution in [0.25, 0.3) is 0 Å². The second kappa shape index (κ2) is 6.41. The van der Waals surface area contributed by atoms with Gasteiger partial charge in [-0.15, -0.1) is 0 Å². The first-order chi connectivity index (χ1) is 10.6. The van der Waals surface area contributed by atoms with E-state index < -0.39 is 5.91 Å². The van der Waals surface area contributed by atoms with Crippen LogP contribution in [0.3, 0.4) is 0 Å². The van der Waals surface area contributed by atoms with Crippen LogP contribution in [0, 0.1) is 5.92 Å². The third-order valence-electron chi connectivity index (χ3n) is 4.78. The van der Waals surface area contributed by atoms with E-state index in [2.05, 4.69) is 28.1 Å². The zero-order chi connectivity index (χ0) is 15.7. The second-order valence-corrected chi connectivity index (χ2v) is 7.29. The third-order valence-corrected chi connectivity index (χ3v) is 5.31. The molecule has 0 saturated heterocycles. The fraction of sp³-hybridized carbons (Fsp3) is 0.529. The number of nitrogens with two attached hydrogens (primary N) is 1. The SMILES string of the molecule is NC(=O)CN(C(=O)C1CC1c1ccc(Br)cc1)C1CCCC1. The van der Waals surface area contributed by atoms with Crippen LogP contribution in [-0.4, -0.2) is 29.3 Å². The molecular weight excluding hydrogens is 344 g/mol. The van der Waals surface area contributed by atoms with Crippen molar-refractivity contribution in [3.05, 3.63) is 34.3 Å². The van der Waals surface area contributed by atoms with Crippen molar-refractivity contribution in [2.45, 2.75) is 44.1 Å². The second-order valence-electron chi connectivity index (χ2n) is 6.37. The molecular formula is C17H21BrN2O2. The minimum atomic E-state index is -0.416. The Morgan fingerprint density at radius 2 is 1.82 bits per heavy atom. The van der Waals surface area contributed by atoms with Crippen molar-refractivity contribution in [1.29, 1.82) is 0 Å². The summed E-state index contributed by atoms with van der Waals surface area (Å²) in [7, 11) is 0. The highest BCUT2D eigenvalue weighted by Gasteiger charge is 2.47. The maximum atomic E-state index is 12.8. The lowest BCUT2D eigenvalue weighted by atomic mass is 10.1. The summed E-state index contributed by atoms with van der Waals surface area (Å²) in [5, 5.41) is 0. The van der Waals surface area contributed by atoms with Gasteiger partial charge in [-0.05, 0) is 42.9 Å². The van der Waals surface area contributed by atoms with Crippen LogP contribution < -0.4 is 5.73 Å². The van der Waals surface area contributed by atoms with Gasteiger partial charge in [0.15, 0.2) is 0 Å². The van der Waals surface area contributed by atoms with Gasteiger partial charge in [-0.1, -0.05) is 40.9 Å². The molecule has 2 amide bonds. The Kier molecular flexibility index (Phi) is 4.52. The Morgan fingerprint density at radius 1 is 1.18 bits per heavy atom. The molecule has 0 aliphatic heterocycles. The highest BCUT2D eigenvalue weighted by Crippen LogP contribution is 2.49. The maximum absolute atomic E-state index is 12.8. The number of hydrogen-bond donors (Lipinski definition) is 1. The van der Waals surface area contributed by atoms with Gasteiger partial charge in [0.2, 0.25) is 11.8 Å². The van der Waals surface area contributed by atoms with E-state index in [0.717, 1.165) is 36.6 Å². The standard InChI is InChI=1S/C17H21BrN2O2/c18-12-7-5-11(6-8-12)14-9-15(14)17(22)20(10-16(19)21)13-3-1-2-4-13/h5-8,13-15H,1-4,9-10H2,(H2,19,21). The van der Waals surface area contributed by atoms with Crippen LogP contribution >= 0.6 is 15.9 Å². The Morgan fingerprint density at radius 3 is 2.41 bits per heavy atom. The predicted molar refractivity (Wildman–Crippen MR) is 88.2 cm³/mol. The summed E-state index contributed by atoms with van der Waals surface area (Å²) in [5.41, 5.74) is 6.54. The summed E-state index contributed by atoms with van der Waals surface area (Å²) in [5.74, 6) is -0.00165. The first-order valence-corrected chi connectivity index (χ1v) is 8.70. The Balaban J connectivity index is 1.69. The van der Waals surface area contributed by atoms with Gasteiger partial charge in [-0.2, -0.15) is 0 Å². The highest BCUT2D eigenvalue weighted by molar-refractivity contribution is 9.10. The van der Waals surface area contributed by atoms with Gasteiger partial charge in [0, 0.05) is 16.4 Å². The van der Waals surface area contributed by atoms with Gasteiger partial charge in [-0.25, -0.2) is 0 Å². The van der Waals surface area contributed by atoms with Crippen LogP contribution in [0.5, 0.6) is 0 Å². The molecule has 0 heterocycles. The molecule has 5 heteroatoms. The normalized spacial score (nSPS) is 24.2. The molecule has 2 aliphatic carbocycles. The molecule has 0 aromatic heterocycles. The Labute approximate surface area is 139 Å². The van der Waals surface area contributed by atoms with E-state index in [0.29, 0.717) is 0 Å². The lowest BCUT2D eigenvalue weighted by molar-refractivity contribution is -0.138.